The third-order valence-electron chi connectivity index (χ3n) is 1.54. The van der Waals surface area contributed by atoms with Gasteiger partial charge < -0.3 is 4.42 Å². The number of hydrogen-bond donors (Lipinski definition) is 0. The molecule has 0 unspecified atom stereocenters. The van der Waals surface area contributed by atoms with Crippen molar-refractivity contribution in [2.75, 3.05) is 0 Å². The standard InChI is InChI=1S/C9H12O2/c1-3-4-8-5-9(7(2)10)11-6-8/h5-6H,3-4H2,1-2H3. The van der Waals surface area contributed by atoms with Gasteiger partial charge in [0.2, 0.25) is 0 Å². The molecule has 1 heterocycles. The second-order valence-corrected chi connectivity index (χ2v) is 2.63. The number of ketones is 1. The highest BCUT2D eigenvalue weighted by Gasteiger charge is 2.04. The molecular weight excluding hydrogens is 140 g/mol. The Hall–Kier alpha value is -1.05. The second-order valence-electron chi connectivity index (χ2n) is 2.63. The molecule has 0 bridgehead atoms. The first-order valence-electron chi connectivity index (χ1n) is 3.82. The van der Waals surface area contributed by atoms with Crippen LogP contribution in [0.1, 0.15) is 36.4 Å². The predicted molar refractivity (Wildman–Crippen MR) is 42.7 cm³/mol. The first-order chi connectivity index (χ1) is 5.24. The third kappa shape index (κ3) is 1.93. The first-order valence-corrected chi connectivity index (χ1v) is 3.82. The van der Waals surface area contributed by atoms with Crippen molar-refractivity contribution >= 4 is 5.78 Å². The molecule has 0 atom stereocenters. The zero-order valence-electron chi connectivity index (χ0n) is 6.89. The van der Waals surface area contributed by atoms with Gasteiger partial charge in [0.25, 0.3) is 0 Å². The van der Waals surface area contributed by atoms with Crippen molar-refractivity contribution in [2.45, 2.75) is 26.7 Å². The summed E-state index contributed by atoms with van der Waals surface area (Å²) in [7, 11) is 0. The molecule has 2 heteroatoms. The monoisotopic (exact) mass is 152 g/mol. The Morgan fingerprint density at radius 3 is 2.82 bits per heavy atom. The number of carbonyl (C=O) groups excluding carboxylic acids is 1. The smallest absolute Gasteiger partial charge is 0.194 e. The van der Waals surface area contributed by atoms with Gasteiger partial charge in [-0.05, 0) is 18.1 Å². The Balaban J connectivity index is 2.73. The van der Waals surface area contributed by atoms with E-state index in [0.29, 0.717) is 5.76 Å². The summed E-state index contributed by atoms with van der Waals surface area (Å²) in [5, 5.41) is 0. The maximum absolute atomic E-state index is 10.8. The predicted octanol–water partition coefficient (Wildman–Crippen LogP) is 2.43. The van der Waals surface area contributed by atoms with E-state index in [4.69, 9.17) is 4.42 Å². The number of furan rings is 1. The van der Waals surface area contributed by atoms with E-state index in [1.54, 1.807) is 6.26 Å². The van der Waals surface area contributed by atoms with Crippen molar-refractivity contribution in [3.05, 3.63) is 23.7 Å². The molecule has 0 aromatic carbocycles. The van der Waals surface area contributed by atoms with Crippen molar-refractivity contribution in [3.8, 4) is 0 Å². The van der Waals surface area contributed by atoms with E-state index in [2.05, 4.69) is 6.92 Å². The number of rotatable bonds is 3. The molecule has 0 amide bonds. The van der Waals surface area contributed by atoms with Crippen LogP contribution in [0.2, 0.25) is 0 Å². The summed E-state index contributed by atoms with van der Waals surface area (Å²) in [6.45, 7) is 3.61. The van der Waals surface area contributed by atoms with Gasteiger partial charge >= 0.3 is 0 Å². The van der Waals surface area contributed by atoms with E-state index < -0.39 is 0 Å². The van der Waals surface area contributed by atoms with E-state index in [1.165, 1.54) is 6.92 Å². The molecule has 0 aliphatic heterocycles. The highest BCUT2D eigenvalue weighted by atomic mass is 16.3. The van der Waals surface area contributed by atoms with Gasteiger partial charge in [-0.1, -0.05) is 13.3 Å². The molecule has 0 radical (unpaired) electrons. The van der Waals surface area contributed by atoms with Crippen molar-refractivity contribution in [1.29, 1.82) is 0 Å². The molecule has 2 nitrogen and oxygen atoms in total. The molecule has 0 saturated heterocycles. The zero-order valence-corrected chi connectivity index (χ0v) is 6.89. The Morgan fingerprint density at radius 2 is 2.36 bits per heavy atom. The molecule has 0 fully saturated rings. The SMILES string of the molecule is CCCc1coc(C(C)=O)c1. The van der Waals surface area contributed by atoms with Crippen LogP contribution in [0.15, 0.2) is 16.7 Å². The minimum Gasteiger partial charge on any atom is -0.461 e. The fraction of sp³-hybridized carbons (Fsp3) is 0.444. The molecule has 0 aliphatic carbocycles. The average Bonchev–Trinajstić information content (AvgIpc) is 2.37. The molecule has 1 aromatic rings. The zero-order chi connectivity index (χ0) is 8.27. The fourth-order valence-electron chi connectivity index (χ4n) is 0.980. The summed E-state index contributed by atoms with van der Waals surface area (Å²) in [6.07, 6.45) is 3.72. The topological polar surface area (TPSA) is 30.2 Å². The first kappa shape index (κ1) is 8.05. The third-order valence-corrected chi connectivity index (χ3v) is 1.54. The minimum atomic E-state index is -0.00708. The normalized spacial score (nSPS) is 10.0. The molecule has 0 N–H and O–H groups in total. The Bertz CT molecular complexity index is 248. The van der Waals surface area contributed by atoms with Gasteiger partial charge in [-0.2, -0.15) is 0 Å². The molecule has 0 saturated carbocycles. The molecule has 0 aliphatic rings. The average molecular weight is 152 g/mol. The maximum atomic E-state index is 10.8. The van der Waals surface area contributed by atoms with Crippen LogP contribution in [0.3, 0.4) is 0 Å². The van der Waals surface area contributed by atoms with Gasteiger partial charge in [-0.3, -0.25) is 4.79 Å². The van der Waals surface area contributed by atoms with E-state index in [1.807, 2.05) is 6.07 Å². The van der Waals surface area contributed by atoms with Crippen molar-refractivity contribution < 1.29 is 9.21 Å². The van der Waals surface area contributed by atoms with Crippen LogP contribution in [-0.4, -0.2) is 5.78 Å². The number of aryl methyl sites for hydroxylation is 1. The van der Waals surface area contributed by atoms with Gasteiger partial charge in [-0.25, -0.2) is 0 Å². The van der Waals surface area contributed by atoms with Gasteiger partial charge in [0.05, 0.1) is 6.26 Å². The lowest BCUT2D eigenvalue weighted by Gasteiger charge is -1.85. The molecule has 1 aromatic heterocycles. The van der Waals surface area contributed by atoms with Crippen molar-refractivity contribution in [1.82, 2.24) is 0 Å². The number of hydrogen-bond acceptors (Lipinski definition) is 2. The van der Waals surface area contributed by atoms with E-state index >= 15 is 0 Å². The van der Waals surface area contributed by atoms with Crippen LogP contribution in [0, 0.1) is 0 Å². The highest BCUT2D eigenvalue weighted by Crippen LogP contribution is 2.09. The minimum absolute atomic E-state index is 0.00708. The van der Waals surface area contributed by atoms with Crippen molar-refractivity contribution in [3.63, 3.8) is 0 Å². The largest absolute Gasteiger partial charge is 0.461 e. The molecule has 0 spiro atoms. The van der Waals surface area contributed by atoms with Crippen LogP contribution in [0.4, 0.5) is 0 Å². The fourth-order valence-corrected chi connectivity index (χ4v) is 0.980. The second kappa shape index (κ2) is 3.37. The highest BCUT2D eigenvalue weighted by molar-refractivity contribution is 5.91. The molecule has 1 rings (SSSR count). The number of carbonyl (C=O) groups is 1. The molecule has 60 valence electrons. The lowest BCUT2D eigenvalue weighted by atomic mass is 10.2. The Labute approximate surface area is 66.2 Å². The quantitative estimate of drug-likeness (QED) is 0.622. The van der Waals surface area contributed by atoms with Crippen LogP contribution < -0.4 is 0 Å². The van der Waals surface area contributed by atoms with Crippen LogP contribution in [0.5, 0.6) is 0 Å². The molecular formula is C9H12O2. The van der Waals surface area contributed by atoms with Crippen LogP contribution in [0.25, 0.3) is 0 Å². The summed E-state index contributed by atoms with van der Waals surface area (Å²) in [5.41, 5.74) is 1.11. The van der Waals surface area contributed by atoms with Crippen LogP contribution in [-0.2, 0) is 6.42 Å². The maximum Gasteiger partial charge on any atom is 0.194 e. The van der Waals surface area contributed by atoms with E-state index in [0.717, 1.165) is 18.4 Å². The Kier molecular flexibility index (Phi) is 2.47. The van der Waals surface area contributed by atoms with Crippen LogP contribution >= 0.6 is 0 Å². The summed E-state index contributed by atoms with van der Waals surface area (Å²) >= 11 is 0. The van der Waals surface area contributed by atoms with Crippen molar-refractivity contribution in [2.24, 2.45) is 0 Å². The Morgan fingerprint density at radius 1 is 1.64 bits per heavy atom. The lowest BCUT2D eigenvalue weighted by Crippen LogP contribution is -1.86. The van der Waals surface area contributed by atoms with Gasteiger partial charge in [0.15, 0.2) is 11.5 Å². The summed E-state index contributed by atoms with van der Waals surface area (Å²) in [6, 6.07) is 1.81. The van der Waals surface area contributed by atoms with Gasteiger partial charge in [0.1, 0.15) is 0 Å². The van der Waals surface area contributed by atoms with E-state index in [-0.39, 0.29) is 5.78 Å². The lowest BCUT2D eigenvalue weighted by molar-refractivity contribution is 0.0987. The number of Topliss-reactive ketones (excluding diaryl/α,β-unsaturated/α-hetero) is 1. The summed E-state index contributed by atoms with van der Waals surface area (Å²) < 4.78 is 5.03. The van der Waals surface area contributed by atoms with Gasteiger partial charge in [-0.15, -0.1) is 0 Å². The summed E-state index contributed by atoms with van der Waals surface area (Å²) in [4.78, 5) is 10.8. The van der Waals surface area contributed by atoms with Gasteiger partial charge in [0, 0.05) is 6.92 Å². The summed E-state index contributed by atoms with van der Waals surface area (Å²) in [5.74, 6) is 0.459. The molecule has 11 heavy (non-hydrogen) atoms. The van der Waals surface area contributed by atoms with E-state index in [9.17, 15) is 4.79 Å².